The van der Waals surface area contributed by atoms with Crippen molar-refractivity contribution in [2.24, 2.45) is 0 Å². The number of carboxylic acids is 1. The summed E-state index contributed by atoms with van der Waals surface area (Å²) in [5.74, 6) is -0.997. The Labute approximate surface area is 107 Å². The molecule has 1 heterocycles. The molecule has 0 saturated heterocycles. The van der Waals surface area contributed by atoms with Gasteiger partial charge in [0.1, 0.15) is 4.88 Å². The van der Waals surface area contributed by atoms with Crippen LogP contribution in [-0.2, 0) is 0 Å². The van der Waals surface area contributed by atoms with Gasteiger partial charge in [0.05, 0.1) is 17.8 Å². The summed E-state index contributed by atoms with van der Waals surface area (Å²) in [7, 11) is 0. The number of nitrogens with one attached hydrogen (secondary N) is 1. The van der Waals surface area contributed by atoms with E-state index in [1.807, 2.05) is 13.0 Å². The average Bonchev–Trinajstić information content (AvgIpc) is 2.81. The number of anilines is 2. The molecule has 0 atom stereocenters. The molecule has 6 heteroatoms. The lowest BCUT2D eigenvalue weighted by Crippen LogP contribution is -1.93. The molecule has 0 fully saturated rings. The maximum absolute atomic E-state index is 10.7. The minimum Gasteiger partial charge on any atom is -0.477 e. The summed E-state index contributed by atoms with van der Waals surface area (Å²) in [6.07, 6.45) is 1.30. The summed E-state index contributed by atoms with van der Waals surface area (Å²) in [5.41, 5.74) is 2.25. The second kappa shape index (κ2) is 4.85. The molecule has 0 saturated carbocycles. The van der Waals surface area contributed by atoms with Crippen molar-refractivity contribution in [3.8, 4) is 6.07 Å². The number of aromatic nitrogens is 1. The molecule has 0 aliphatic carbocycles. The number of benzene rings is 1. The number of aryl methyl sites for hydroxylation is 1. The smallest absolute Gasteiger partial charge is 0.347 e. The Bertz CT molecular complexity index is 643. The Morgan fingerprint density at radius 3 is 2.94 bits per heavy atom. The van der Waals surface area contributed by atoms with Crippen molar-refractivity contribution in [2.75, 3.05) is 5.32 Å². The Balaban J connectivity index is 2.28. The molecule has 90 valence electrons. The van der Waals surface area contributed by atoms with E-state index in [-0.39, 0.29) is 4.88 Å². The maximum atomic E-state index is 10.7. The third-order valence-corrected chi connectivity index (χ3v) is 3.23. The molecule has 0 unspecified atom stereocenters. The van der Waals surface area contributed by atoms with Gasteiger partial charge in [-0.2, -0.15) is 5.26 Å². The summed E-state index contributed by atoms with van der Waals surface area (Å²) in [4.78, 5) is 14.9. The van der Waals surface area contributed by atoms with Crippen LogP contribution in [0.5, 0.6) is 0 Å². The van der Waals surface area contributed by atoms with Gasteiger partial charge < -0.3 is 10.4 Å². The number of carbonyl (C=O) groups is 1. The number of nitriles is 1. The topological polar surface area (TPSA) is 86.0 Å². The highest BCUT2D eigenvalue weighted by Crippen LogP contribution is 2.25. The molecule has 2 N–H and O–H groups in total. The average molecular weight is 259 g/mol. The highest BCUT2D eigenvalue weighted by Gasteiger charge is 2.09. The van der Waals surface area contributed by atoms with Crippen molar-refractivity contribution < 1.29 is 9.90 Å². The van der Waals surface area contributed by atoms with Crippen LogP contribution in [0.2, 0.25) is 0 Å². The number of hydrogen-bond donors (Lipinski definition) is 2. The summed E-state index contributed by atoms with van der Waals surface area (Å²) >= 11 is 1.05. The molecule has 0 aliphatic rings. The summed E-state index contributed by atoms with van der Waals surface area (Å²) < 4.78 is 0. The highest BCUT2D eigenvalue weighted by molar-refractivity contribution is 7.17. The molecule has 0 aliphatic heterocycles. The fraction of sp³-hybridized carbons (Fsp3) is 0.0833. The van der Waals surface area contributed by atoms with Crippen molar-refractivity contribution in [1.82, 2.24) is 4.98 Å². The Hall–Kier alpha value is -2.39. The second-order valence-electron chi connectivity index (χ2n) is 3.60. The van der Waals surface area contributed by atoms with Crippen molar-refractivity contribution in [2.45, 2.75) is 6.92 Å². The Morgan fingerprint density at radius 1 is 1.56 bits per heavy atom. The molecule has 0 amide bonds. The number of aromatic carboxylic acids is 1. The largest absolute Gasteiger partial charge is 0.477 e. The summed E-state index contributed by atoms with van der Waals surface area (Å²) in [6, 6.07) is 7.31. The first-order chi connectivity index (χ1) is 8.60. The van der Waals surface area contributed by atoms with Gasteiger partial charge in [-0.3, -0.25) is 0 Å². The number of thiazole rings is 1. The lowest BCUT2D eigenvalue weighted by molar-refractivity contribution is 0.0702. The maximum Gasteiger partial charge on any atom is 0.347 e. The molecule has 0 bridgehead atoms. The SMILES string of the molecule is Cc1ccc(C#N)cc1Nc1ncc(C(=O)O)s1. The van der Waals surface area contributed by atoms with E-state index in [0.717, 1.165) is 22.6 Å². The summed E-state index contributed by atoms with van der Waals surface area (Å²) in [6.45, 7) is 1.90. The van der Waals surface area contributed by atoms with Crippen LogP contribution in [0.3, 0.4) is 0 Å². The Kier molecular flexibility index (Phi) is 3.26. The van der Waals surface area contributed by atoms with Gasteiger partial charge in [0.2, 0.25) is 0 Å². The molecule has 1 aromatic carbocycles. The quantitative estimate of drug-likeness (QED) is 0.885. The number of rotatable bonds is 3. The molecule has 2 aromatic rings. The molecular weight excluding hydrogens is 250 g/mol. The zero-order valence-electron chi connectivity index (χ0n) is 9.47. The van der Waals surface area contributed by atoms with Gasteiger partial charge in [-0.1, -0.05) is 17.4 Å². The van der Waals surface area contributed by atoms with E-state index in [2.05, 4.69) is 16.4 Å². The van der Waals surface area contributed by atoms with Crippen molar-refractivity contribution in [1.29, 1.82) is 5.26 Å². The minimum absolute atomic E-state index is 0.173. The molecular formula is C12H9N3O2S. The summed E-state index contributed by atoms with van der Waals surface area (Å²) in [5, 5.41) is 21.1. The second-order valence-corrected chi connectivity index (χ2v) is 4.63. The molecule has 18 heavy (non-hydrogen) atoms. The van der Waals surface area contributed by atoms with Crippen LogP contribution >= 0.6 is 11.3 Å². The van der Waals surface area contributed by atoms with Crippen LogP contribution in [0.1, 0.15) is 20.8 Å². The zero-order valence-corrected chi connectivity index (χ0v) is 10.3. The van der Waals surface area contributed by atoms with Crippen LogP contribution in [-0.4, -0.2) is 16.1 Å². The van der Waals surface area contributed by atoms with Crippen LogP contribution in [0, 0.1) is 18.3 Å². The van der Waals surface area contributed by atoms with E-state index in [1.165, 1.54) is 6.20 Å². The first-order valence-corrected chi connectivity index (χ1v) is 5.88. The van der Waals surface area contributed by atoms with Crippen LogP contribution in [0.15, 0.2) is 24.4 Å². The van der Waals surface area contributed by atoms with Crippen molar-refractivity contribution >= 4 is 28.1 Å². The lowest BCUT2D eigenvalue weighted by atomic mass is 10.1. The normalized spacial score (nSPS) is 9.78. The number of nitrogens with zero attached hydrogens (tertiary/aromatic N) is 2. The molecule has 0 radical (unpaired) electrons. The van der Waals surface area contributed by atoms with Gasteiger partial charge in [-0.05, 0) is 24.6 Å². The van der Waals surface area contributed by atoms with Crippen LogP contribution in [0.4, 0.5) is 10.8 Å². The van der Waals surface area contributed by atoms with Crippen LogP contribution in [0.25, 0.3) is 0 Å². The fourth-order valence-corrected chi connectivity index (χ4v) is 2.04. The molecule has 5 nitrogen and oxygen atoms in total. The monoisotopic (exact) mass is 259 g/mol. The van der Waals surface area contributed by atoms with E-state index in [4.69, 9.17) is 10.4 Å². The molecule has 2 rings (SSSR count). The van der Waals surface area contributed by atoms with Gasteiger partial charge in [-0.25, -0.2) is 9.78 Å². The molecule has 1 aromatic heterocycles. The predicted octanol–water partition coefficient (Wildman–Crippen LogP) is 2.76. The minimum atomic E-state index is -0.997. The van der Waals surface area contributed by atoms with Crippen molar-refractivity contribution in [3.63, 3.8) is 0 Å². The highest BCUT2D eigenvalue weighted by atomic mass is 32.1. The van der Waals surface area contributed by atoms with Crippen molar-refractivity contribution in [3.05, 3.63) is 40.4 Å². The van der Waals surface area contributed by atoms with E-state index in [0.29, 0.717) is 10.7 Å². The van der Waals surface area contributed by atoms with Crippen LogP contribution < -0.4 is 5.32 Å². The van der Waals surface area contributed by atoms with E-state index in [1.54, 1.807) is 12.1 Å². The number of hydrogen-bond acceptors (Lipinski definition) is 5. The van der Waals surface area contributed by atoms with Gasteiger partial charge in [0.25, 0.3) is 0 Å². The fourth-order valence-electron chi connectivity index (χ4n) is 1.37. The van der Waals surface area contributed by atoms with Gasteiger partial charge in [0.15, 0.2) is 5.13 Å². The van der Waals surface area contributed by atoms with Gasteiger partial charge >= 0.3 is 5.97 Å². The third kappa shape index (κ3) is 2.47. The Morgan fingerprint density at radius 2 is 2.33 bits per heavy atom. The number of carboxylic acid groups (broad SMARTS) is 1. The van der Waals surface area contributed by atoms with E-state index < -0.39 is 5.97 Å². The standard InChI is InChI=1S/C12H9N3O2S/c1-7-2-3-8(5-13)4-9(7)15-12-14-6-10(18-12)11(16)17/h2-4,6H,1H3,(H,14,15)(H,16,17). The van der Waals surface area contributed by atoms with E-state index >= 15 is 0 Å². The van der Waals surface area contributed by atoms with E-state index in [9.17, 15) is 4.79 Å². The first kappa shape index (κ1) is 12.1. The molecule has 0 spiro atoms. The lowest BCUT2D eigenvalue weighted by Gasteiger charge is -2.06. The zero-order chi connectivity index (χ0) is 13.1. The first-order valence-electron chi connectivity index (χ1n) is 5.07. The van der Waals surface area contributed by atoms with Gasteiger partial charge in [-0.15, -0.1) is 0 Å². The predicted molar refractivity (Wildman–Crippen MR) is 68.3 cm³/mol. The van der Waals surface area contributed by atoms with Gasteiger partial charge in [0, 0.05) is 5.69 Å². The third-order valence-electron chi connectivity index (χ3n) is 2.32.